The van der Waals surface area contributed by atoms with Gasteiger partial charge < -0.3 is 14.8 Å². The van der Waals surface area contributed by atoms with E-state index >= 15 is 0 Å². The lowest BCUT2D eigenvalue weighted by atomic mass is 10.2. The van der Waals surface area contributed by atoms with Crippen molar-refractivity contribution in [3.8, 4) is 22.9 Å². The van der Waals surface area contributed by atoms with Crippen LogP contribution in [0.5, 0.6) is 11.5 Å². The minimum Gasteiger partial charge on any atom is -0.497 e. The summed E-state index contributed by atoms with van der Waals surface area (Å²) in [7, 11) is 3.29. The number of hydrogen-bond acceptors (Lipinski definition) is 6. The molecule has 2 heterocycles. The van der Waals surface area contributed by atoms with E-state index in [2.05, 4.69) is 20.4 Å². The first-order chi connectivity index (χ1) is 13.2. The first-order valence-corrected chi connectivity index (χ1v) is 8.46. The fraction of sp³-hybridized carbons (Fsp3) is 0.150. The lowest BCUT2D eigenvalue weighted by molar-refractivity contribution is 0.415. The van der Waals surface area contributed by atoms with Crippen LogP contribution in [0.4, 0.5) is 11.6 Å². The number of hydrogen-bond donors (Lipinski definition) is 1. The maximum absolute atomic E-state index is 5.32. The molecule has 0 saturated carbocycles. The molecule has 7 nitrogen and oxygen atoms in total. The maximum atomic E-state index is 5.32. The summed E-state index contributed by atoms with van der Waals surface area (Å²) in [6, 6.07) is 15.3. The lowest BCUT2D eigenvalue weighted by Gasteiger charge is -2.07. The summed E-state index contributed by atoms with van der Waals surface area (Å²) in [4.78, 5) is 9.07. The topological polar surface area (TPSA) is 73.6 Å². The van der Waals surface area contributed by atoms with Crippen LogP contribution in [0.15, 0.2) is 54.7 Å². The van der Waals surface area contributed by atoms with Crippen LogP contribution in [-0.4, -0.2) is 33.8 Å². The monoisotopic (exact) mass is 361 g/mol. The van der Waals surface area contributed by atoms with Gasteiger partial charge in [-0.15, -0.1) is 5.10 Å². The standard InChI is InChI=1S/C20H19N5O2/c1-13-18-12-21-20(23-15-7-9-16(26-2)10-8-15)24-25(18)19(22-13)14-5-4-6-17(11-14)27-3/h4-12H,1-3H3,(H,23,24). The number of methoxy groups -OCH3 is 2. The van der Waals surface area contributed by atoms with Crippen LogP contribution in [0.2, 0.25) is 0 Å². The number of imidazole rings is 1. The molecular formula is C20H19N5O2. The SMILES string of the molecule is COc1ccc(Nc2ncc3c(C)nc(-c4cccc(OC)c4)n3n2)cc1. The summed E-state index contributed by atoms with van der Waals surface area (Å²) in [6.07, 6.45) is 1.77. The Bertz CT molecular complexity index is 1090. The Balaban J connectivity index is 1.74. The highest BCUT2D eigenvalue weighted by Crippen LogP contribution is 2.25. The van der Waals surface area contributed by atoms with Crippen LogP contribution >= 0.6 is 0 Å². The van der Waals surface area contributed by atoms with Crippen LogP contribution in [0.25, 0.3) is 16.9 Å². The Hall–Kier alpha value is -3.61. The molecule has 2 aromatic heterocycles. The van der Waals surface area contributed by atoms with E-state index in [1.165, 1.54) is 0 Å². The number of fused-ring (bicyclic) bond motifs is 1. The summed E-state index contributed by atoms with van der Waals surface area (Å²) < 4.78 is 12.3. The summed E-state index contributed by atoms with van der Waals surface area (Å²) >= 11 is 0. The zero-order valence-corrected chi connectivity index (χ0v) is 15.3. The smallest absolute Gasteiger partial charge is 0.245 e. The van der Waals surface area contributed by atoms with E-state index < -0.39 is 0 Å². The van der Waals surface area contributed by atoms with E-state index in [9.17, 15) is 0 Å². The van der Waals surface area contributed by atoms with Gasteiger partial charge in [0.15, 0.2) is 5.82 Å². The van der Waals surface area contributed by atoms with Gasteiger partial charge in [0, 0.05) is 11.3 Å². The molecule has 0 saturated heterocycles. The third-order valence-corrected chi connectivity index (χ3v) is 4.25. The second-order valence-electron chi connectivity index (χ2n) is 5.99. The molecule has 1 N–H and O–H groups in total. The highest BCUT2D eigenvalue weighted by molar-refractivity contribution is 5.66. The molecule has 0 unspecified atom stereocenters. The second-order valence-corrected chi connectivity index (χ2v) is 5.99. The van der Waals surface area contributed by atoms with E-state index in [1.54, 1.807) is 24.9 Å². The molecule has 0 fully saturated rings. The van der Waals surface area contributed by atoms with Crippen molar-refractivity contribution in [2.24, 2.45) is 0 Å². The molecule has 136 valence electrons. The van der Waals surface area contributed by atoms with Gasteiger partial charge in [-0.05, 0) is 43.3 Å². The van der Waals surface area contributed by atoms with E-state index in [4.69, 9.17) is 9.47 Å². The Morgan fingerprint density at radius 1 is 0.963 bits per heavy atom. The molecule has 0 bridgehead atoms. The van der Waals surface area contributed by atoms with Crippen molar-refractivity contribution in [3.05, 3.63) is 60.4 Å². The van der Waals surface area contributed by atoms with Crippen molar-refractivity contribution in [1.82, 2.24) is 19.6 Å². The largest absolute Gasteiger partial charge is 0.497 e. The van der Waals surface area contributed by atoms with Gasteiger partial charge >= 0.3 is 0 Å². The van der Waals surface area contributed by atoms with Crippen LogP contribution in [0.3, 0.4) is 0 Å². The van der Waals surface area contributed by atoms with Crippen molar-refractivity contribution in [3.63, 3.8) is 0 Å². The Morgan fingerprint density at radius 3 is 2.48 bits per heavy atom. The van der Waals surface area contributed by atoms with Gasteiger partial charge in [0.25, 0.3) is 0 Å². The number of nitrogens with one attached hydrogen (secondary N) is 1. The first kappa shape index (κ1) is 16.8. The number of aromatic nitrogens is 4. The van der Waals surface area contributed by atoms with Crippen molar-refractivity contribution >= 4 is 17.2 Å². The minimum atomic E-state index is 0.481. The van der Waals surface area contributed by atoms with Gasteiger partial charge in [-0.2, -0.15) is 0 Å². The summed E-state index contributed by atoms with van der Waals surface area (Å²) in [5.41, 5.74) is 3.51. The van der Waals surface area contributed by atoms with E-state index in [0.717, 1.165) is 39.8 Å². The fourth-order valence-electron chi connectivity index (χ4n) is 2.83. The molecule has 7 heteroatoms. The Labute approximate surface area is 156 Å². The van der Waals surface area contributed by atoms with Gasteiger partial charge in [-0.25, -0.2) is 14.5 Å². The third kappa shape index (κ3) is 3.27. The fourth-order valence-corrected chi connectivity index (χ4v) is 2.83. The predicted octanol–water partition coefficient (Wildman–Crippen LogP) is 3.86. The molecule has 27 heavy (non-hydrogen) atoms. The molecule has 0 radical (unpaired) electrons. The van der Waals surface area contributed by atoms with Crippen LogP contribution in [-0.2, 0) is 0 Å². The van der Waals surface area contributed by atoms with Crippen molar-refractivity contribution in [2.45, 2.75) is 6.92 Å². The van der Waals surface area contributed by atoms with Gasteiger partial charge in [0.1, 0.15) is 17.0 Å². The molecule has 0 aliphatic heterocycles. The molecule has 0 amide bonds. The second kappa shape index (κ2) is 6.95. The van der Waals surface area contributed by atoms with Crippen molar-refractivity contribution in [1.29, 1.82) is 0 Å². The Morgan fingerprint density at radius 2 is 1.74 bits per heavy atom. The molecule has 0 spiro atoms. The summed E-state index contributed by atoms with van der Waals surface area (Å²) in [5.74, 6) is 2.78. The van der Waals surface area contributed by atoms with Gasteiger partial charge in [-0.1, -0.05) is 12.1 Å². The van der Waals surface area contributed by atoms with Gasteiger partial charge in [0.05, 0.1) is 26.1 Å². The molecule has 0 atom stereocenters. The number of ether oxygens (including phenoxy) is 2. The first-order valence-electron chi connectivity index (χ1n) is 8.46. The molecule has 0 aliphatic carbocycles. The zero-order chi connectivity index (χ0) is 18.8. The average molecular weight is 361 g/mol. The van der Waals surface area contributed by atoms with Gasteiger partial charge in [-0.3, -0.25) is 0 Å². The van der Waals surface area contributed by atoms with E-state index in [0.29, 0.717) is 5.95 Å². The third-order valence-electron chi connectivity index (χ3n) is 4.25. The average Bonchev–Trinajstić information content (AvgIpc) is 3.04. The van der Waals surface area contributed by atoms with Crippen molar-refractivity contribution in [2.75, 3.05) is 19.5 Å². The number of aryl methyl sites for hydroxylation is 1. The molecular weight excluding hydrogens is 342 g/mol. The van der Waals surface area contributed by atoms with Crippen molar-refractivity contribution < 1.29 is 9.47 Å². The lowest BCUT2D eigenvalue weighted by Crippen LogP contribution is -2.03. The number of nitrogens with zero attached hydrogens (tertiary/aromatic N) is 4. The highest BCUT2D eigenvalue weighted by atomic mass is 16.5. The molecule has 0 aliphatic rings. The zero-order valence-electron chi connectivity index (χ0n) is 15.3. The number of rotatable bonds is 5. The predicted molar refractivity (Wildman–Crippen MR) is 104 cm³/mol. The van der Waals surface area contributed by atoms with E-state index in [-0.39, 0.29) is 0 Å². The van der Waals surface area contributed by atoms with Gasteiger partial charge in [0.2, 0.25) is 5.95 Å². The van der Waals surface area contributed by atoms with Crippen LogP contribution < -0.4 is 14.8 Å². The Kier molecular flexibility index (Phi) is 4.33. The quantitative estimate of drug-likeness (QED) is 0.582. The maximum Gasteiger partial charge on any atom is 0.245 e. The normalized spacial score (nSPS) is 10.8. The molecule has 2 aromatic carbocycles. The summed E-state index contributed by atoms with van der Waals surface area (Å²) in [5, 5.41) is 7.83. The minimum absolute atomic E-state index is 0.481. The van der Waals surface area contributed by atoms with E-state index in [1.807, 2.05) is 55.5 Å². The molecule has 4 aromatic rings. The summed E-state index contributed by atoms with van der Waals surface area (Å²) in [6.45, 7) is 1.94. The van der Waals surface area contributed by atoms with Crippen LogP contribution in [0.1, 0.15) is 5.69 Å². The van der Waals surface area contributed by atoms with Crippen LogP contribution in [0, 0.1) is 6.92 Å². The number of anilines is 2. The molecule has 4 rings (SSSR count). The number of benzene rings is 2. The highest BCUT2D eigenvalue weighted by Gasteiger charge is 2.13.